The monoisotopic (exact) mass is 334 g/mol. The highest BCUT2D eigenvalue weighted by molar-refractivity contribution is 6.12. The van der Waals surface area contributed by atoms with Crippen molar-refractivity contribution in [3.63, 3.8) is 0 Å². The topological polar surface area (TPSA) is 51.2 Å². The number of carbonyl (C=O) groups excluding carboxylic acids is 1. The molecule has 2 aromatic carbocycles. The quantitative estimate of drug-likeness (QED) is 0.713. The molecule has 0 unspecified atom stereocenters. The number of hydrogen-bond acceptors (Lipinski definition) is 3. The van der Waals surface area contributed by atoms with E-state index in [-0.39, 0.29) is 11.8 Å². The van der Waals surface area contributed by atoms with Crippen LogP contribution >= 0.6 is 0 Å². The molecule has 3 aromatic rings. The Hall–Kier alpha value is -2.88. The third kappa shape index (κ3) is 3.63. The first kappa shape index (κ1) is 17.0. The standard InChI is InChI=1S/C21H22N2O2/c1-4-25-20-12-8-7-11-18(20)23-21(24)16-13-19(14(2)3)22-17-10-6-5-9-15(16)17/h5-14H,4H2,1-3H3,(H,23,24). The SMILES string of the molecule is CCOc1ccccc1NC(=O)c1cc(C(C)C)nc2ccccc12. The zero-order valence-corrected chi connectivity index (χ0v) is 14.7. The van der Waals surface area contributed by atoms with E-state index < -0.39 is 0 Å². The van der Waals surface area contributed by atoms with Gasteiger partial charge in [0, 0.05) is 11.1 Å². The fourth-order valence-corrected chi connectivity index (χ4v) is 2.72. The van der Waals surface area contributed by atoms with Crippen LogP contribution in [0.3, 0.4) is 0 Å². The molecule has 0 bridgehead atoms. The molecule has 0 atom stereocenters. The summed E-state index contributed by atoms with van der Waals surface area (Å²) in [5.41, 5.74) is 3.03. The number of nitrogens with one attached hydrogen (secondary N) is 1. The summed E-state index contributed by atoms with van der Waals surface area (Å²) in [5, 5.41) is 3.82. The summed E-state index contributed by atoms with van der Waals surface area (Å²) in [5.74, 6) is 0.750. The van der Waals surface area contributed by atoms with Crippen LogP contribution in [0.25, 0.3) is 10.9 Å². The van der Waals surface area contributed by atoms with Gasteiger partial charge in [-0.3, -0.25) is 9.78 Å². The molecule has 1 amide bonds. The maximum Gasteiger partial charge on any atom is 0.256 e. The predicted octanol–water partition coefficient (Wildman–Crippen LogP) is 5.01. The number of pyridine rings is 1. The number of fused-ring (bicyclic) bond motifs is 1. The largest absolute Gasteiger partial charge is 0.492 e. The second kappa shape index (κ2) is 7.34. The van der Waals surface area contributed by atoms with Gasteiger partial charge in [0.1, 0.15) is 5.75 Å². The van der Waals surface area contributed by atoms with Gasteiger partial charge in [0.25, 0.3) is 5.91 Å². The van der Waals surface area contributed by atoms with Crippen molar-refractivity contribution in [2.75, 3.05) is 11.9 Å². The molecule has 1 N–H and O–H groups in total. The minimum Gasteiger partial charge on any atom is -0.492 e. The van der Waals surface area contributed by atoms with E-state index >= 15 is 0 Å². The highest BCUT2D eigenvalue weighted by atomic mass is 16.5. The van der Waals surface area contributed by atoms with Crippen molar-refractivity contribution < 1.29 is 9.53 Å². The van der Waals surface area contributed by atoms with Crippen molar-refractivity contribution >= 4 is 22.5 Å². The fraction of sp³-hybridized carbons (Fsp3) is 0.238. The van der Waals surface area contributed by atoms with E-state index in [4.69, 9.17) is 4.74 Å². The number of ether oxygens (including phenoxy) is 1. The summed E-state index contributed by atoms with van der Waals surface area (Å²) in [6.07, 6.45) is 0. The molecule has 1 aromatic heterocycles. The van der Waals surface area contributed by atoms with Crippen molar-refractivity contribution in [1.82, 2.24) is 4.98 Å². The Morgan fingerprint density at radius 2 is 1.84 bits per heavy atom. The molecule has 3 rings (SSSR count). The van der Waals surface area contributed by atoms with Crippen LogP contribution in [0, 0.1) is 0 Å². The van der Waals surface area contributed by atoms with E-state index in [1.165, 1.54) is 0 Å². The summed E-state index contributed by atoms with van der Waals surface area (Å²) < 4.78 is 5.60. The van der Waals surface area contributed by atoms with Crippen molar-refractivity contribution in [1.29, 1.82) is 0 Å². The van der Waals surface area contributed by atoms with E-state index in [1.807, 2.05) is 61.5 Å². The van der Waals surface area contributed by atoms with Gasteiger partial charge in [0.05, 0.1) is 23.4 Å². The van der Waals surface area contributed by atoms with Gasteiger partial charge in [-0.05, 0) is 37.1 Å². The molecule has 0 fully saturated rings. The zero-order valence-electron chi connectivity index (χ0n) is 14.7. The van der Waals surface area contributed by atoms with Gasteiger partial charge in [-0.2, -0.15) is 0 Å². The summed E-state index contributed by atoms with van der Waals surface area (Å²) >= 11 is 0. The first-order valence-corrected chi connectivity index (χ1v) is 8.53. The lowest BCUT2D eigenvalue weighted by atomic mass is 10.0. The van der Waals surface area contributed by atoms with E-state index in [0.717, 1.165) is 16.6 Å². The second-order valence-electron chi connectivity index (χ2n) is 6.15. The van der Waals surface area contributed by atoms with E-state index in [2.05, 4.69) is 24.1 Å². The average Bonchev–Trinajstić information content (AvgIpc) is 2.62. The molecule has 25 heavy (non-hydrogen) atoms. The van der Waals surface area contributed by atoms with Gasteiger partial charge in [-0.25, -0.2) is 0 Å². The molecular formula is C21H22N2O2. The molecule has 0 saturated carbocycles. The van der Waals surface area contributed by atoms with Crippen molar-refractivity contribution in [2.24, 2.45) is 0 Å². The number of aromatic nitrogens is 1. The first-order valence-electron chi connectivity index (χ1n) is 8.53. The zero-order chi connectivity index (χ0) is 17.8. The smallest absolute Gasteiger partial charge is 0.256 e. The van der Waals surface area contributed by atoms with Crippen molar-refractivity contribution in [3.05, 3.63) is 65.9 Å². The Balaban J connectivity index is 2.02. The van der Waals surface area contributed by atoms with Crippen LogP contribution in [-0.4, -0.2) is 17.5 Å². The predicted molar refractivity (Wildman–Crippen MR) is 101 cm³/mol. The lowest BCUT2D eigenvalue weighted by molar-refractivity contribution is 0.102. The number of rotatable bonds is 5. The van der Waals surface area contributed by atoms with Crippen molar-refractivity contribution in [2.45, 2.75) is 26.7 Å². The van der Waals surface area contributed by atoms with Crippen molar-refractivity contribution in [3.8, 4) is 5.75 Å². The van der Waals surface area contributed by atoms with Crippen LogP contribution in [0.2, 0.25) is 0 Å². The molecule has 128 valence electrons. The number of benzene rings is 2. The van der Waals surface area contributed by atoms with Crippen LogP contribution in [0.5, 0.6) is 5.75 Å². The number of amides is 1. The van der Waals surface area contributed by atoms with E-state index in [9.17, 15) is 4.79 Å². The second-order valence-corrected chi connectivity index (χ2v) is 6.15. The lowest BCUT2D eigenvalue weighted by Crippen LogP contribution is -2.14. The average molecular weight is 334 g/mol. The molecule has 0 radical (unpaired) electrons. The summed E-state index contributed by atoms with van der Waals surface area (Å²) in [4.78, 5) is 17.6. The Morgan fingerprint density at radius 1 is 1.12 bits per heavy atom. The molecule has 0 aliphatic heterocycles. The van der Waals surface area contributed by atoms with Crippen LogP contribution in [0.4, 0.5) is 5.69 Å². The molecular weight excluding hydrogens is 312 g/mol. The molecule has 0 spiro atoms. The van der Waals surface area contributed by atoms with Crippen LogP contribution in [0.15, 0.2) is 54.6 Å². The summed E-state index contributed by atoms with van der Waals surface area (Å²) in [6.45, 7) is 6.61. The molecule has 0 saturated heterocycles. The Labute approximate surface area is 147 Å². The van der Waals surface area contributed by atoms with Gasteiger partial charge >= 0.3 is 0 Å². The number of hydrogen-bond donors (Lipinski definition) is 1. The normalized spacial score (nSPS) is 10.9. The highest BCUT2D eigenvalue weighted by Gasteiger charge is 2.16. The van der Waals surface area contributed by atoms with Crippen LogP contribution in [0.1, 0.15) is 42.7 Å². The Kier molecular flexibility index (Phi) is 4.98. The van der Waals surface area contributed by atoms with Gasteiger partial charge in [-0.15, -0.1) is 0 Å². The number of carbonyl (C=O) groups is 1. The molecule has 1 heterocycles. The van der Waals surface area contributed by atoms with Gasteiger partial charge in [0.15, 0.2) is 0 Å². The van der Waals surface area contributed by atoms with Crippen LogP contribution < -0.4 is 10.1 Å². The van der Waals surface area contributed by atoms with Gasteiger partial charge in [0.2, 0.25) is 0 Å². The molecule has 0 aliphatic rings. The Bertz CT molecular complexity index is 903. The number of anilines is 1. The summed E-state index contributed by atoms with van der Waals surface area (Å²) in [6, 6.07) is 17.1. The minimum absolute atomic E-state index is 0.160. The van der Waals surface area contributed by atoms with E-state index in [0.29, 0.717) is 23.6 Å². The summed E-state index contributed by atoms with van der Waals surface area (Å²) in [7, 11) is 0. The van der Waals surface area contributed by atoms with Gasteiger partial charge in [-0.1, -0.05) is 44.2 Å². The fourth-order valence-electron chi connectivity index (χ4n) is 2.72. The molecule has 4 heteroatoms. The third-order valence-electron chi connectivity index (χ3n) is 4.01. The molecule has 0 aliphatic carbocycles. The maximum atomic E-state index is 13.0. The highest BCUT2D eigenvalue weighted by Crippen LogP contribution is 2.27. The number of para-hydroxylation sites is 3. The van der Waals surface area contributed by atoms with Gasteiger partial charge < -0.3 is 10.1 Å². The van der Waals surface area contributed by atoms with E-state index in [1.54, 1.807) is 0 Å². The van der Waals surface area contributed by atoms with Crippen LogP contribution in [-0.2, 0) is 0 Å². The minimum atomic E-state index is -0.160. The number of nitrogens with zero attached hydrogens (tertiary/aromatic N) is 1. The Morgan fingerprint density at radius 3 is 2.60 bits per heavy atom. The maximum absolute atomic E-state index is 13.0. The lowest BCUT2D eigenvalue weighted by Gasteiger charge is -2.14. The first-order chi connectivity index (χ1) is 12.1. The molecule has 4 nitrogen and oxygen atoms in total. The third-order valence-corrected chi connectivity index (χ3v) is 4.01.